The molecule has 4 atom stereocenters. The predicted octanol–water partition coefficient (Wildman–Crippen LogP) is 1.32. The number of aliphatic hydroxyl groups is 4. The van der Waals surface area contributed by atoms with Crippen molar-refractivity contribution in [3.8, 4) is 22.6 Å². The molecular formula is C23H28N2O7. The van der Waals surface area contributed by atoms with Gasteiger partial charge in [0.05, 0.1) is 19.8 Å². The maximum Gasteiger partial charge on any atom is 0.248 e. The number of nitrogens with zero attached hydrogens (tertiary/aromatic N) is 2. The molecular weight excluding hydrogens is 416 g/mol. The van der Waals surface area contributed by atoms with E-state index in [1.54, 1.807) is 14.0 Å². The lowest BCUT2D eigenvalue weighted by Crippen LogP contribution is -2.53. The number of ether oxygens (including phenoxy) is 2. The molecule has 0 bridgehead atoms. The van der Waals surface area contributed by atoms with Crippen LogP contribution in [-0.4, -0.2) is 75.4 Å². The van der Waals surface area contributed by atoms with E-state index in [-0.39, 0.29) is 13.2 Å². The Hall–Kier alpha value is -2.66. The molecule has 0 saturated carbocycles. The van der Waals surface area contributed by atoms with Crippen LogP contribution in [0.15, 0.2) is 52.9 Å². The Morgan fingerprint density at radius 3 is 2.38 bits per heavy atom. The van der Waals surface area contributed by atoms with Gasteiger partial charge in [-0.25, -0.2) is 0 Å². The van der Waals surface area contributed by atoms with Gasteiger partial charge in [0.2, 0.25) is 11.8 Å². The molecule has 0 radical (unpaired) electrons. The van der Waals surface area contributed by atoms with E-state index >= 15 is 0 Å². The fourth-order valence-electron chi connectivity index (χ4n) is 3.32. The van der Waals surface area contributed by atoms with Crippen LogP contribution in [0.1, 0.15) is 11.5 Å². The normalized spacial score (nSPS) is 22.8. The number of hydrogen-bond donors (Lipinski definition) is 4. The quantitative estimate of drug-likeness (QED) is 0.459. The SMILES string of the molecule is COCc1cc(-c2ccccc2)ccc1-c1nnc(C)o1.OCC1OCC(O)C(O)[C@@H]1O. The van der Waals surface area contributed by atoms with Crippen molar-refractivity contribution in [2.45, 2.75) is 37.9 Å². The highest BCUT2D eigenvalue weighted by molar-refractivity contribution is 5.70. The third kappa shape index (κ3) is 5.77. The first kappa shape index (κ1) is 24.0. The summed E-state index contributed by atoms with van der Waals surface area (Å²) < 4.78 is 15.6. The van der Waals surface area contributed by atoms with E-state index in [0.29, 0.717) is 18.4 Å². The van der Waals surface area contributed by atoms with Gasteiger partial charge in [-0.1, -0.05) is 36.4 Å². The topological polar surface area (TPSA) is 138 Å². The first-order valence-corrected chi connectivity index (χ1v) is 10.2. The van der Waals surface area contributed by atoms with Crippen molar-refractivity contribution in [1.82, 2.24) is 10.2 Å². The van der Waals surface area contributed by atoms with Gasteiger partial charge in [0, 0.05) is 19.6 Å². The van der Waals surface area contributed by atoms with Gasteiger partial charge in [0.25, 0.3) is 0 Å². The van der Waals surface area contributed by atoms with Crippen molar-refractivity contribution in [3.05, 3.63) is 60.0 Å². The van der Waals surface area contributed by atoms with Crippen LogP contribution in [0.25, 0.3) is 22.6 Å². The third-order valence-corrected chi connectivity index (χ3v) is 5.05. The molecule has 9 heteroatoms. The van der Waals surface area contributed by atoms with E-state index in [4.69, 9.17) is 34.3 Å². The molecule has 1 aliphatic rings. The van der Waals surface area contributed by atoms with Gasteiger partial charge in [0.15, 0.2) is 0 Å². The zero-order valence-corrected chi connectivity index (χ0v) is 18.0. The summed E-state index contributed by atoms with van der Waals surface area (Å²) >= 11 is 0. The van der Waals surface area contributed by atoms with Crippen molar-refractivity contribution in [2.75, 3.05) is 20.3 Å². The number of benzene rings is 2. The van der Waals surface area contributed by atoms with Crippen molar-refractivity contribution >= 4 is 0 Å². The second kappa shape index (κ2) is 11.3. The minimum atomic E-state index is -1.22. The van der Waals surface area contributed by atoms with Gasteiger partial charge >= 0.3 is 0 Å². The third-order valence-electron chi connectivity index (χ3n) is 5.05. The minimum Gasteiger partial charge on any atom is -0.421 e. The van der Waals surface area contributed by atoms with Crippen molar-refractivity contribution in [3.63, 3.8) is 0 Å². The molecule has 0 spiro atoms. The molecule has 3 unspecified atom stereocenters. The molecule has 2 heterocycles. The lowest BCUT2D eigenvalue weighted by atomic mass is 9.99. The van der Waals surface area contributed by atoms with Crippen molar-refractivity contribution in [1.29, 1.82) is 0 Å². The van der Waals surface area contributed by atoms with E-state index in [1.807, 2.05) is 24.3 Å². The molecule has 1 aliphatic heterocycles. The smallest absolute Gasteiger partial charge is 0.248 e. The standard InChI is InChI=1S/C17H16N2O2.C6H12O5/c1-12-18-19-17(21-12)16-9-8-14(10-15(16)11-20-2)13-6-4-3-5-7-13;7-1-4-6(10)5(9)3(8)2-11-4/h3-10H,11H2,1-2H3;3-10H,1-2H2/t;3?,4?,5?,6-/m.1/s1. The number of aromatic nitrogens is 2. The Morgan fingerprint density at radius 2 is 1.75 bits per heavy atom. The summed E-state index contributed by atoms with van der Waals surface area (Å²) in [5, 5.41) is 43.7. The average molecular weight is 444 g/mol. The van der Waals surface area contributed by atoms with Crippen LogP contribution < -0.4 is 0 Å². The first-order valence-electron chi connectivity index (χ1n) is 10.2. The molecule has 4 rings (SSSR count). The van der Waals surface area contributed by atoms with E-state index < -0.39 is 24.4 Å². The Bertz CT molecular complexity index is 977. The van der Waals surface area contributed by atoms with Crippen LogP contribution >= 0.6 is 0 Å². The summed E-state index contributed by atoms with van der Waals surface area (Å²) in [6.45, 7) is 1.87. The molecule has 0 amide bonds. The second-order valence-corrected chi connectivity index (χ2v) is 7.40. The fraction of sp³-hybridized carbons (Fsp3) is 0.391. The second-order valence-electron chi connectivity index (χ2n) is 7.40. The predicted molar refractivity (Wildman–Crippen MR) is 115 cm³/mol. The number of methoxy groups -OCH3 is 1. The van der Waals surface area contributed by atoms with Gasteiger partial charge in [-0.3, -0.25) is 0 Å². The van der Waals surface area contributed by atoms with Crippen LogP contribution in [0.5, 0.6) is 0 Å². The van der Waals surface area contributed by atoms with Gasteiger partial charge in [-0.05, 0) is 28.8 Å². The molecule has 9 nitrogen and oxygen atoms in total. The molecule has 32 heavy (non-hydrogen) atoms. The zero-order chi connectivity index (χ0) is 23.1. The van der Waals surface area contributed by atoms with Gasteiger partial charge in [-0.15, -0.1) is 10.2 Å². The largest absolute Gasteiger partial charge is 0.421 e. The molecule has 1 fully saturated rings. The summed E-state index contributed by atoms with van der Waals surface area (Å²) in [6, 6.07) is 16.4. The minimum absolute atomic E-state index is 0.0521. The van der Waals surface area contributed by atoms with E-state index in [2.05, 4.69) is 34.5 Å². The first-order chi connectivity index (χ1) is 15.4. The monoisotopic (exact) mass is 444 g/mol. The van der Waals surface area contributed by atoms with E-state index in [1.165, 1.54) is 5.56 Å². The van der Waals surface area contributed by atoms with Crippen LogP contribution in [0, 0.1) is 6.92 Å². The van der Waals surface area contributed by atoms with Crippen LogP contribution in [0.2, 0.25) is 0 Å². The highest BCUT2D eigenvalue weighted by atomic mass is 16.5. The molecule has 1 saturated heterocycles. The van der Waals surface area contributed by atoms with Crippen molar-refractivity contribution in [2.24, 2.45) is 0 Å². The molecule has 3 aromatic rings. The number of aryl methyl sites for hydroxylation is 1. The van der Waals surface area contributed by atoms with E-state index in [0.717, 1.165) is 16.7 Å². The lowest BCUT2D eigenvalue weighted by Gasteiger charge is -2.34. The van der Waals surface area contributed by atoms with Gasteiger partial charge in [0.1, 0.15) is 24.4 Å². The van der Waals surface area contributed by atoms with Crippen LogP contribution in [0.4, 0.5) is 0 Å². The highest BCUT2D eigenvalue weighted by Gasteiger charge is 2.36. The van der Waals surface area contributed by atoms with E-state index in [9.17, 15) is 0 Å². The summed E-state index contributed by atoms with van der Waals surface area (Å²) in [6.07, 6.45) is -4.27. The molecule has 0 aliphatic carbocycles. The Labute approximate surface area is 185 Å². The van der Waals surface area contributed by atoms with Gasteiger partial charge in [-0.2, -0.15) is 0 Å². The van der Waals surface area contributed by atoms with Crippen LogP contribution in [0.3, 0.4) is 0 Å². The molecule has 4 N–H and O–H groups in total. The maximum absolute atomic E-state index is 9.11. The highest BCUT2D eigenvalue weighted by Crippen LogP contribution is 2.28. The summed E-state index contributed by atoms with van der Waals surface area (Å²) in [4.78, 5) is 0. The van der Waals surface area contributed by atoms with Crippen LogP contribution in [-0.2, 0) is 16.1 Å². The number of aliphatic hydroxyl groups excluding tert-OH is 4. The summed E-state index contributed by atoms with van der Waals surface area (Å²) in [7, 11) is 1.68. The molecule has 172 valence electrons. The Balaban J connectivity index is 0.000000222. The zero-order valence-electron chi connectivity index (χ0n) is 18.0. The number of hydrogen-bond acceptors (Lipinski definition) is 9. The molecule has 2 aromatic carbocycles. The molecule has 1 aromatic heterocycles. The van der Waals surface area contributed by atoms with Crippen molar-refractivity contribution < 1.29 is 34.3 Å². The number of rotatable bonds is 5. The lowest BCUT2D eigenvalue weighted by molar-refractivity contribution is -0.195. The fourth-order valence-corrected chi connectivity index (χ4v) is 3.32. The maximum atomic E-state index is 9.11. The Kier molecular flexibility index (Phi) is 8.46. The summed E-state index contributed by atoms with van der Waals surface area (Å²) in [5.41, 5.74) is 4.25. The van der Waals surface area contributed by atoms with Gasteiger partial charge < -0.3 is 34.3 Å². The summed E-state index contributed by atoms with van der Waals surface area (Å²) in [5.74, 6) is 1.08. The average Bonchev–Trinajstić information content (AvgIpc) is 3.25. The Morgan fingerprint density at radius 1 is 1.00 bits per heavy atom.